The zero-order valence-electron chi connectivity index (χ0n) is 9.43. The average Bonchev–Trinajstić information content (AvgIpc) is 2.78. The van der Waals surface area contributed by atoms with E-state index in [1.807, 2.05) is 12.1 Å². The van der Waals surface area contributed by atoms with E-state index < -0.39 is 5.97 Å². The maximum atomic E-state index is 10.8. The van der Waals surface area contributed by atoms with Crippen molar-refractivity contribution in [3.05, 3.63) is 53.5 Å². The minimum Gasteiger partial charge on any atom is -0.478 e. The topological polar surface area (TPSA) is 62.5 Å². The first kappa shape index (κ1) is 11.3. The highest BCUT2D eigenvalue weighted by molar-refractivity contribution is 5.89. The van der Waals surface area contributed by atoms with Gasteiger partial charge >= 0.3 is 5.97 Å². The number of hydrogen-bond acceptors (Lipinski definition) is 3. The van der Waals surface area contributed by atoms with Crippen molar-refractivity contribution in [1.29, 1.82) is 0 Å². The summed E-state index contributed by atoms with van der Waals surface area (Å²) in [6, 6.07) is 7.07. The van der Waals surface area contributed by atoms with E-state index in [1.54, 1.807) is 31.6 Å². The molecule has 0 atom stereocenters. The molecule has 0 amide bonds. The van der Waals surface area contributed by atoms with Crippen molar-refractivity contribution in [2.75, 3.05) is 5.32 Å². The van der Waals surface area contributed by atoms with Crippen LogP contribution in [0.25, 0.3) is 0 Å². The molecular weight excluding hydrogens is 218 g/mol. The molecule has 0 aliphatic heterocycles. The van der Waals surface area contributed by atoms with Gasteiger partial charge < -0.3 is 14.8 Å². The molecule has 4 nitrogen and oxygen atoms in total. The molecule has 88 valence electrons. The average molecular weight is 231 g/mol. The lowest BCUT2D eigenvalue weighted by Gasteiger charge is -2.07. The fourth-order valence-corrected chi connectivity index (χ4v) is 1.61. The lowest BCUT2D eigenvalue weighted by atomic mass is 10.1. The molecule has 0 radical (unpaired) electrons. The number of rotatable bonds is 4. The lowest BCUT2D eigenvalue weighted by Crippen LogP contribution is -2.02. The zero-order chi connectivity index (χ0) is 12.3. The summed E-state index contributed by atoms with van der Waals surface area (Å²) in [5.41, 5.74) is 3.02. The predicted octanol–water partition coefficient (Wildman–Crippen LogP) is 2.90. The Bertz CT molecular complexity index is 517. The molecule has 2 rings (SSSR count). The van der Waals surface area contributed by atoms with Crippen LogP contribution in [0.2, 0.25) is 0 Å². The van der Waals surface area contributed by atoms with Gasteiger partial charge in [0.1, 0.15) is 0 Å². The first-order valence-electron chi connectivity index (χ1n) is 5.25. The van der Waals surface area contributed by atoms with Gasteiger partial charge in [-0.3, -0.25) is 0 Å². The van der Waals surface area contributed by atoms with Crippen molar-refractivity contribution >= 4 is 11.7 Å². The van der Waals surface area contributed by atoms with Gasteiger partial charge in [0, 0.05) is 17.8 Å². The maximum Gasteiger partial charge on any atom is 0.335 e. The van der Waals surface area contributed by atoms with Crippen LogP contribution in [0.3, 0.4) is 0 Å². The highest BCUT2D eigenvalue weighted by Gasteiger charge is 2.06. The lowest BCUT2D eigenvalue weighted by molar-refractivity contribution is 0.0696. The summed E-state index contributed by atoms with van der Waals surface area (Å²) in [5, 5.41) is 12.1. The number of hydrogen-bond donors (Lipinski definition) is 2. The first-order chi connectivity index (χ1) is 8.16. The number of nitrogens with one attached hydrogen (secondary N) is 1. The third-order valence-electron chi connectivity index (χ3n) is 2.53. The van der Waals surface area contributed by atoms with Crippen LogP contribution in [0.4, 0.5) is 5.69 Å². The third-order valence-corrected chi connectivity index (χ3v) is 2.53. The van der Waals surface area contributed by atoms with Gasteiger partial charge in [-0.15, -0.1) is 0 Å². The quantitative estimate of drug-likeness (QED) is 0.849. The zero-order valence-corrected chi connectivity index (χ0v) is 9.43. The van der Waals surface area contributed by atoms with Crippen LogP contribution in [0.5, 0.6) is 0 Å². The number of carboxylic acids is 1. The van der Waals surface area contributed by atoms with Crippen molar-refractivity contribution < 1.29 is 14.3 Å². The largest absolute Gasteiger partial charge is 0.478 e. The minimum atomic E-state index is -0.899. The predicted molar refractivity (Wildman–Crippen MR) is 64.2 cm³/mol. The molecule has 0 aliphatic rings. The van der Waals surface area contributed by atoms with Crippen molar-refractivity contribution in [3.63, 3.8) is 0 Å². The Morgan fingerprint density at radius 1 is 1.41 bits per heavy atom. The van der Waals surface area contributed by atoms with E-state index >= 15 is 0 Å². The monoisotopic (exact) mass is 231 g/mol. The molecule has 0 fully saturated rings. The molecule has 2 N–H and O–H groups in total. The first-order valence-corrected chi connectivity index (χ1v) is 5.25. The molecule has 1 aromatic carbocycles. The number of benzene rings is 1. The molecule has 0 saturated carbocycles. The molecule has 1 aromatic heterocycles. The van der Waals surface area contributed by atoms with Crippen LogP contribution in [-0.2, 0) is 6.54 Å². The van der Waals surface area contributed by atoms with Crippen molar-refractivity contribution in [2.24, 2.45) is 0 Å². The smallest absolute Gasteiger partial charge is 0.335 e. The van der Waals surface area contributed by atoms with E-state index in [0.29, 0.717) is 12.1 Å². The van der Waals surface area contributed by atoms with Gasteiger partial charge in [-0.25, -0.2) is 4.79 Å². The van der Waals surface area contributed by atoms with Gasteiger partial charge in [-0.2, -0.15) is 0 Å². The Hall–Kier alpha value is -2.23. The van der Waals surface area contributed by atoms with Crippen LogP contribution >= 0.6 is 0 Å². The summed E-state index contributed by atoms with van der Waals surface area (Å²) >= 11 is 0. The molecule has 0 aliphatic carbocycles. The molecule has 4 heteroatoms. The molecule has 17 heavy (non-hydrogen) atoms. The summed E-state index contributed by atoms with van der Waals surface area (Å²) in [5.74, 6) is -0.899. The van der Waals surface area contributed by atoms with E-state index in [9.17, 15) is 4.79 Å². The highest BCUT2D eigenvalue weighted by Crippen LogP contribution is 2.16. The second-order valence-electron chi connectivity index (χ2n) is 3.82. The molecule has 1 heterocycles. The number of anilines is 1. The van der Waals surface area contributed by atoms with Crippen molar-refractivity contribution in [3.8, 4) is 0 Å². The maximum absolute atomic E-state index is 10.8. The van der Waals surface area contributed by atoms with E-state index in [0.717, 1.165) is 16.8 Å². The van der Waals surface area contributed by atoms with E-state index in [2.05, 4.69) is 5.32 Å². The van der Waals surface area contributed by atoms with Gasteiger partial charge in [0.05, 0.1) is 18.1 Å². The van der Waals surface area contributed by atoms with E-state index in [-0.39, 0.29) is 0 Å². The normalized spacial score (nSPS) is 10.2. The number of aryl methyl sites for hydroxylation is 1. The van der Waals surface area contributed by atoms with Crippen molar-refractivity contribution in [2.45, 2.75) is 13.5 Å². The fraction of sp³-hybridized carbons (Fsp3) is 0.154. The van der Waals surface area contributed by atoms with Crippen LogP contribution in [0, 0.1) is 6.92 Å². The fourth-order valence-electron chi connectivity index (χ4n) is 1.61. The highest BCUT2D eigenvalue weighted by atomic mass is 16.4. The Balaban J connectivity index is 2.07. The van der Waals surface area contributed by atoms with E-state index in [1.165, 1.54) is 0 Å². The van der Waals surface area contributed by atoms with Gasteiger partial charge in [-0.1, -0.05) is 0 Å². The second-order valence-corrected chi connectivity index (χ2v) is 3.82. The van der Waals surface area contributed by atoms with Crippen molar-refractivity contribution in [1.82, 2.24) is 0 Å². The van der Waals surface area contributed by atoms with Crippen LogP contribution in [0.15, 0.2) is 41.2 Å². The number of carbonyl (C=O) groups is 1. The third kappa shape index (κ3) is 2.66. The summed E-state index contributed by atoms with van der Waals surface area (Å²) < 4.78 is 4.96. The molecule has 0 bridgehead atoms. The van der Waals surface area contributed by atoms with Gasteiger partial charge in [-0.05, 0) is 36.8 Å². The van der Waals surface area contributed by atoms with Gasteiger partial charge in [0.15, 0.2) is 0 Å². The summed E-state index contributed by atoms with van der Waals surface area (Å²) in [6.45, 7) is 2.44. The number of carboxylic acid groups (broad SMARTS) is 1. The Kier molecular flexibility index (Phi) is 3.14. The van der Waals surface area contributed by atoms with Crippen LogP contribution < -0.4 is 5.32 Å². The molecule has 0 unspecified atom stereocenters. The molecular formula is C13H13NO3. The Labute approximate surface area is 98.9 Å². The second kappa shape index (κ2) is 4.74. The summed E-state index contributed by atoms with van der Waals surface area (Å²) in [7, 11) is 0. The molecule has 2 aromatic rings. The minimum absolute atomic E-state index is 0.332. The Morgan fingerprint density at radius 3 is 2.82 bits per heavy atom. The summed E-state index contributed by atoms with van der Waals surface area (Å²) in [6.07, 6.45) is 3.29. The molecule has 0 spiro atoms. The van der Waals surface area contributed by atoms with Crippen LogP contribution in [0.1, 0.15) is 21.5 Å². The van der Waals surface area contributed by atoms with Gasteiger partial charge in [0.2, 0.25) is 0 Å². The summed E-state index contributed by atoms with van der Waals surface area (Å²) in [4.78, 5) is 10.8. The van der Waals surface area contributed by atoms with Crippen LogP contribution in [-0.4, -0.2) is 11.1 Å². The standard InChI is InChI=1S/C13H13NO3/c1-9-6-11(2-3-12(9)13(15)16)14-7-10-4-5-17-8-10/h2-6,8,14H,7H2,1H3,(H,15,16). The Morgan fingerprint density at radius 2 is 2.24 bits per heavy atom. The van der Waals surface area contributed by atoms with E-state index in [4.69, 9.17) is 9.52 Å². The number of aromatic carboxylic acids is 1. The van der Waals surface area contributed by atoms with Gasteiger partial charge in [0.25, 0.3) is 0 Å². The number of furan rings is 1. The SMILES string of the molecule is Cc1cc(NCc2ccoc2)ccc1C(=O)O. The molecule has 0 saturated heterocycles.